The second-order valence-electron chi connectivity index (χ2n) is 9.29. The molecule has 0 aromatic carbocycles. The van der Waals surface area contributed by atoms with Crippen molar-refractivity contribution in [2.45, 2.75) is 51.0 Å². The molecule has 2 aliphatic heterocycles. The summed E-state index contributed by atoms with van der Waals surface area (Å²) in [4.78, 5) is 39.3. The highest BCUT2D eigenvalue weighted by molar-refractivity contribution is 5.80. The molecule has 0 N–H and O–H groups in total. The number of carbonyl (C=O) groups excluding carboxylic acids is 1. The second kappa shape index (κ2) is 8.44. The molecule has 5 rings (SSSR count). The van der Waals surface area contributed by atoms with Gasteiger partial charge in [0.25, 0.3) is 5.56 Å². The quantitative estimate of drug-likeness (QED) is 0.762. The summed E-state index contributed by atoms with van der Waals surface area (Å²) in [5.74, 6) is 1.65. The van der Waals surface area contributed by atoms with Gasteiger partial charge in [0.15, 0.2) is 0 Å². The number of piperidine rings is 1. The van der Waals surface area contributed by atoms with Gasteiger partial charge in [-0.2, -0.15) is 0 Å². The van der Waals surface area contributed by atoms with Crippen LogP contribution in [0.2, 0.25) is 0 Å². The molecule has 4 heterocycles. The van der Waals surface area contributed by atoms with Crippen LogP contribution in [-0.4, -0.2) is 51.0 Å². The molecule has 3 fully saturated rings. The number of rotatable bonds is 3. The van der Waals surface area contributed by atoms with Crippen molar-refractivity contribution < 1.29 is 4.79 Å². The van der Waals surface area contributed by atoms with Gasteiger partial charge in [-0.3, -0.25) is 19.1 Å². The molecular formula is C24H31N5O2. The highest BCUT2D eigenvalue weighted by atomic mass is 16.2. The largest absolute Gasteiger partial charge is 0.341 e. The van der Waals surface area contributed by atoms with Gasteiger partial charge in [0.1, 0.15) is 0 Å². The maximum absolute atomic E-state index is 13.5. The van der Waals surface area contributed by atoms with Crippen molar-refractivity contribution in [2.75, 3.05) is 24.5 Å². The zero-order chi connectivity index (χ0) is 21.4. The highest BCUT2D eigenvalue weighted by Gasteiger charge is 2.41. The SMILES string of the molecule is Cn1c(N2CCCC(C(=O)N3CC[C@H]4CCCCC43)C2)nc(-c2ccncc2)cc1=O. The van der Waals surface area contributed by atoms with E-state index in [0.29, 0.717) is 36.1 Å². The smallest absolute Gasteiger partial charge is 0.255 e. The van der Waals surface area contributed by atoms with Gasteiger partial charge in [-0.15, -0.1) is 0 Å². The minimum Gasteiger partial charge on any atom is -0.341 e. The van der Waals surface area contributed by atoms with Crippen LogP contribution in [0.1, 0.15) is 44.9 Å². The van der Waals surface area contributed by atoms with Crippen LogP contribution in [0.4, 0.5) is 5.95 Å². The molecule has 0 radical (unpaired) electrons. The van der Waals surface area contributed by atoms with Crippen molar-refractivity contribution in [1.82, 2.24) is 19.4 Å². The van der Waals surface area contributed by atoms with Crippen molar-refractivity contribution in [2.24, 2.45) is 18.9 Å². The van der Waals surface area contributed by atoms with Crippen LogP contribution in [-0.2, 0) is 11.8 Å². The van der Waals surface area contributed by atoms with E-state index < -0.39 is 0 Å². The number of hydrogen-bond acceptors (Lipinski definition) is 5. The number of hydrogen-bond donors (Lipinski definition) is 0. The normalized spacial score (nSPS) is 26.0. The molecule has 1 aliphatic carbocycles. The van der Waals surface area contributed by atoms with Crippen LogP contribution in [0.3, 0.4) is 0 Å². The van der Waals surface area contributed by atoms with E-state index in [9.17, 15) is 9.59 Å². The van der Waals surface area contributed by atoms with Gasteiger partial charge in [-0.05, 0) is 50.2 Å². The Morgan fingerprint density at radius 1 is 1.03 bits per heavy atom. The fraction of sp³-hybridized carbons (Fsp3) is 0.583. The van der Waals surface area contributed by atoms with Gasteiger partial charge in [-0.25, -0.2) is 4.98 Å². The first-order valence-corrected chi connectivity index (χ1v) is 11.7. The first-order valence-electron chi connectivity index (χ1n) is 11.7. The lowest BCUT2D eigenvalue weighted by Crippen LogP contribution is -2.48. The number of fused-ring (bicyclic) bond motifs is 1. The van der Waals surface area contributed by atoms with Crippen LogP contribution in [0.15, 0.2) is 35.4 Å². The Labute approximate surface area is 183 Å². The minimum absolute atomic E-state index is 0.0177. The molecule has 2 aromatic heterocycles. The fourth-order valence-electron chi connectivity index (χ4n) is 5.76. The lowest BCUT2D eigenvalue weighted by Gasteiger charge is -2.38. The molecule has 0 spiro atoms. The van der Waals surface area contributed by atoms with E-state index >= 15 is 0 Å². The van der Waals surface area contributed by atoms with Crippen LogP contribution in [0.5, 0.6) is 0 Å². The van der Waals surface area contributed by atoms with Gasteiger partial charge in [0.2, 0.25) is 11.9 Å². The van der Waals surface area contributed by atoms with Gasteiger partial charge >= 0.3 is 0 Å². The molecule has 2 aromatic rings. The summed E-state index contributed by atoms with van der Waals surface area (Å²) in [5.41, 5.74) is 1.44. The molecule has 7 heteroatoms. The summed E-state index contributed by atoms with van der Waals surface area (Å²) < 4.78 is 1.60. The maximum atomic E-state index is 13.5. The van der Waals surface area contributed by atoms with Crippen molar-refractivity contribution in [3.8, 4) is 11.3 Å². The number of nitrogens with zero attached hydrogens (tertiary/aromatic N) is 5. The van der Waals surface area contributed by atoms with E-state index in [1.54, 1.807) is 30.1 Å². The van der Waals surface area contributed by atoms with E-state index in [2.05, 4.69) is 14.8 Å². The number of carbonyl (C=O) groups is 1. The summed E-state index contributed by atoms with van der Waals surface area (Å²) in [7, 11) is 1.76. The fourth-order valence-corrected chi connectivity index (χ4v) is 5.76. The van der Waals surface area contributed by atoms with Crippen LogP contribution >= 0.6 is 0 Å². The summed E-state index contributed by atoms with van der Waals surface area (Å²) in [5, 5.41) is 0. The number of anilines is 1. The molecule has 3 atom stereocenters. The Balaban J connectivity index is 1.37. The molecule has 164 valence electrons. The van der Waals surface area contributed by atoms with Crippen molar-refractivity contribution in [3.63, 3.8) is 0 Å². The zero-order valence-electron chi connectivity index (χ0n) is 18.2. The monoisotopic (exact) mass is 421 g/mol. The number of amides is 1. The Morgan fingerprint density at radius 3 is 2.68 bits per heavy atom. The molecule has 2 saturated heterocycles. The van der Waals surface area contributed by atoms with E-state index in [-0.39, 0.29) is 11.5 Å². The van der Waals surface area contributed by atoms with Crippen LogP contribution in [0, 0.1) is 11.8 Å². The Morgan fingerprint density at radius 2 is 1.84 bits per heavy atom. The first-order chi connectivity index (χ1) is 15.1. The van der Waals surface area contributed by atoms with Crippen molar-refractivity contribution >= 4 is 11.9 Å². The molecule has 3 aliphatic rings. The summed E-state index contributed by atoms with van der Waals surface area (Å²) >= 11 is 0. The minimum atomic E-state index is -0.0881. The average Bonchev–Trinajstić information content (AvgIpc) is 3.25. The second-order valence-corrected chi connectivity index (χ2v) is 9.29. The lowest BCUT2D eigenvalue weighted by atomic mass is 9.85. The summed E-state index contributed by atoms with van der Waals surface area (Å²) in [6.45, 7) is 2.36. The van der Waals surface area contributed by atoms with E-state index in [0.717, 1.165) is 44.3 Å². The number of likely N-dealkylation sites (tertiary alicyclic amines) is 1. The average molecular weight is 422 g/mol. The summed E-state index contributed by atoms with van der Waals surface area (Å²) in [6, 6.07) is 5.75. The lowest BCUT2D eigenvalue weighted by molar-refractivity contribution is -0.137. The molecule has 1 saturated carbocycles. The third-order valence-electron chi connectivity index (χ3n) is 7.43. The zero-order valence-corrected chi connectivity index (χ0v) is 18.2. The van der Waals surface area contributed by atoms with Crippen molar-refractivity contribution in [3.05, 3.63) is 40.9 Å². The Hall–Kier alpha value is -2.70. The van der Waals surface area contributed by atoms with Gasteiger partial charge < -0.3 is 9.80 Å². The predicted octanol–water partition coefficient (Wildman–Crippen LogP) is 2.85. The van der Waals surface area contributed by atoms with Crippen molar-refractivity contribution in [1.29, 1.82) is 0 Å². The van der Waals surface area contributed by atoms with E-state index in [1.165, 1.54) is 19.3 Å². The van der Waals surface area contributed by atoms with E-state index in [4.69, 9.17) is 4.98 Å². The maximum Gasteiger partial charge on any atom is 0.255 e. The van der Waals surface area contributed by atoms with Gasteiger partial charge in [-0.1, -0.05) is 12.8 Å². The molecular weight excluding hydrogens is 390 g/mol. The summed E-state index contributed by atoms with van der Waals surface area (Å²) in [6.07, 6.45) is 11.4. The van der Waals surface area contributed by atoms with E-state index in [1.807, 2.05) is 12.1 Å². The van der Waals surface area contributed by atoms with Gasteiger partial charge in [0, 0.05) is 56.7 Å². The molecule has 31 heavy (non-hydrogen) atoms. The molecule has 0 bridgehead atoms. The highest BCUT2D eigenvalue weighted by Crippen LogP contribution is 2.37. The van der Waals surface area contributed by atoms with Gasteiger partial charge in [0.05, 0.1) is 11.6 Å². The van der Waals surface area contributed by atoms with Crippen LogP contribution in [0.25, 0.3) is 11.3 Å². The number of aromatic nitrogens is 3. The predicted molar refractivity (Wildman–Crippen MR) is 120 cm³/mol. The third kappa shape index (κ3) is 3.86. The third-order valence-corrected chi connectivity index (χ3v) is 7.43. The Bertz CT molecular complexity index is 1000. The standard InChI is InChI=1S/C24H31N5O2/c1-27-22(30)15-20(17-8-11-25-12-9-17)26-24(27)28-13-4-6-19(16-28)23(31)29-14-10-18-5-2-3-7-21(18)29/h8-9,11-12,15,18-19,21H,2-7,10,13-14,16H2,1H3/t18-,19?,21?/m1/s1. The first kappa shape index (κ1) is 20.2. The topological polar surface area (TPSA) is 71.3 Å². The van der Waals surface area contributed by atoms with Crippen LogP contribution < -0.4 is 10.5 Å². The molecule has 7 nitrogen and oxygen atoms in total. The molecule has 2 unspecified atom stereocenters. The molecule has 1 amide bonds. The number of pyridine rings is 1. The Kier molecular flexibility index (Phi) is 5.50.